The molecule has 0 heterocycles. The Morgan fingerprint density at radius 3 is 2.53 bits per heavy atom. The highest BCUT2D eigenvalue weighted by Gasteiger charge is 2.08. The summed E-state index contributed by atoms with van der Waals surface area (Å²) in [6.07, 6.45) is 0. The van der Waals surface area contributed by atoms with E-state index in [1.165, 1.54) is 11.1 Å². The van der Waals surface area contributed by atoms with Crippen molar-refractivity contribution in [1.82, 2.24) is 0 Å². The lowest BCUT2D eigenvalue weighted by molar-refractivity contribution is 0.302. The summed E-state index contributed by atoms with van der Waals surface area (Å²) >= 11 is 0. The van der Waals surface area contributed by atoms with Gasteiger partial charge in [0.15, 0.2) is 11.5 Å². The molecule has 0 bridgehead atoms. The first-order chi connectivity index (χ1) is 9.26. The van der Waals surface area contributed by atoms with Crippen molar-refractivity contribution in [3.8, 4) is 22.6 Å². The van der Waals surface area contributed by atoms with Gasteiger partial charge in [0.1, 0.15) is 6.61 Å². The number of hydrogen-bond donors (Lipinski definition) is 1. The topological polar surface area (TPSA) is 44.5 Å². The van der Waals surface area contributed by atoms with E-state index in [0.29, 0.717) is 13.2 Å². The first-order valence-electron chi connectivity index (χ1n) is 6.33. The van der Waals surface area contributed by atoms with Gasteiger partial charge in [0, 0.05) is 6.54 Å². The minimum absolute atomic E-state index is 0.486. The summed E-state index contributed by atoms with van der Waals surface area (Å²) < 4.78 is 10.9. The van der Waals surface area contributed by atoms with E-state index in [0.717, 1.165) is 17.1 Å². The van der Waals surface area contributed by atoms with Crippen molar-refractivity contribution < 1.29 is 9.47 Å². The van der Waals surface area contributed by atoms with Crippen molar-refractivity contribution in [3.05, 3.63) is 48.0 Å². The molecule has 0 aliphatic carbocycles. The van der Waals surface area contributed by atoms with Crippen molar-refractivity contribution in [2.75, 3.05) is 20.3 Å². The molecule has 0 atom stereocenters. The molecule has 0 aliphatic heterocycles. The maximum Gasteiger partial charge on any atom is 0.161 e. The Kier molecular flexibility index (Phi) is 4.42. The van der Waals surface area contributed by atoms with E-state index in [-0.39, 0.29) is 0 Å². The minimum Gasteiger partial charge on any atom is -0.493 e. The van der Waals surface area contributed by atoms with Gasteiger partial charge in [-0.15, -0.1) is 0 Å². The van der Waals surface area contributed by atoms with Crippen LogP contribution in [-0.2, 0) is 0 Å². The van der Waals surface area contributed by atoms with Crippen LogP contribution in [0.1, 0.15) is 5.56 Å². The fourth-order valence-corrected chi connectivity index (χ4v) is 2.02. The van der Waals surface area contributed by atoms with Gasteiger partial charge in [0.25, 0.3) is 0 Å². The van der Waals surface area contributed by atoms with Gasteiger partial charge in [-0.05, 0) is 35.7 Å². The predicted octanol–water partition coefficient (Wildman–Crippen LogP) is 3.01. The number of ether oxygens (including phenoxy) is 2. The number of rotatable bonds is 5. The Labute approximate surface area is 114 Å². The molecule has 2 aromatic rings. The minimum atomic E-state index is 0.486. The molecule has 0 saturated carbocycles. The van der Waals surface area contributed by atoms with Gasteiger partial charge in [0.05, 0.1) is 7.11 Å². The first-order valence-corrected chi connectivity index (χ1v) is 6.33. The van der Waals surface area contributed by atoms with E-state index >= 15 is 0 Å². The molecule has 0 unspecified atom stereocenters. The lowest BCUT2D eigenvalue weighted by Crippen LogP contribution is -2.11. The average Bonchev–Trinajstić information content (AvgIpc) is 2.45. The molecule has 0 amide bonds. The fraction of sp³-hybridized carbons (Fsp3) is 0.250. The van der Waals surface area contributed by atoms with Gasteiger partial charge in [-0.3, -0.25) is 0 Å². The SMILES string of the molecule is COc1cc(-c2ccccc2C)ccc1OCCN. The maximum absolute atomic E-state index is 5.55. The van der Waals surface area contributed by atoms with Crippen molar-refractivity contribution >= 4 is 0 Å². The fourth-order valence-electron chi connectivity index (χ4n) is 2.02. The molecule has 0 aromatic heterocycles. The average molecular weight is 257 g/mol. The standard InChI is InChI=1S/C16H19NO2/c1-12-5-3-4-6-14(12)13-7-8-15(19-10-9-17)16(11-13)18-2/h3-8,11H,9-10,17H2,1-2H3. The highest BCUT2D eigenvalue weighted by atomic mass is 16.5. The number of benzene rings is 2. The second-order valence-corrected chi connectivity index (χ2v) is 4.32. The van der Waals surface area contributed by atoms with Crippen LogP contribution < -0.4 is 15.2 Å². The van der Waals surface area contributed by atoms with Gasteiger partial charge < -0.3 is 15.2 Å². The predicted molar refractivity (Wildman–Crippen MR) is 77.7 cm³/mol. The molecule has 0 saturated heterocycles. The number of hydrogen-bond acceptors (Lipinski definition) is 3. The smallest absolute Gasteiger partial charge is 0.161 e. The summed E-state index contributed by atoms with van der Waals surface area (Å²) in [5.74, 6) is 1.46. The van der Waals surface area contributed by atoms with E-state index < -0.39 is 0 Å². The third-order valence-electron chi connectivity index (χ3n) is 3.00. The molecule has 2 N–H and O–H groups in total. The zero-order chi connectivity index (χ0) is 13.7. The van der Waals surface area contributed by atoms with Gasteiger partial charge in [-0.2, -0.15) is 0 Å². The van der Waals surface area contributed by atoms with Crippen LogP contribution >= 0.6 is 0 Å². The third-order valence-corrected chi connectivity index (χ3v) is 3.00. The van der Waals surface area contributed by atoms with E-state index in [2.05, 4.69) is 19.1 Å². The summed E-state index contributed by atoms with van der Waals surface area (Å²) in [5, 5.41) is 0. The Morgan fingerprint density at radius 1 is 1.05 bits per heavy atom. The van der Waals surface area contributed by atoms with Gasteiger partial charge in [-0.1, -0.05) is 30.3 Å². The summed E-state index contributed by atoms with van der Waals surface area (Å²) in [4.78, 5) is 0. The molecule has 3 heteroatoms. The van der Waals surface area contributed by atoms with Gasteiger partial charge in [-0.25, -0.2) is 0 Å². The summed E-state index contributed by atoms with van der Waals surface area (Å²) in [6, 6.07) is 14.2. The Balaban J connectivity index is 2.36. The van der Waals surface area contributed by atoms with E-state index in [1.807, 2.05) is 30.3 Å². The van der Waals surface area contributed by atoms with E-state index in [1.54, 1.807) is 7.11 Å². The van der Waals surface area contributed by atoms with Crippen molar-refractivity contribution in [2.24, 2.45) is 5.73 Å². The molecule has 3 nitrogen and oxygen atoms in total. The quantitative estimate of drug-likeness (QED) is 0.895. The van der Waals surface area contributed by atoms with Crippen LogP contribution in [0.2, 0.25) is 0 Å². The molecule has 0 spiro atoms. The normalized spacial score (nSPS) is 10.3. The van der Waals surface area contributed by atoms with Gasteiger partial charge >= 0.3 is 0 Å². The molecule has 2 rings (SSSR count). The summed E-state index contributed by atoms with van der Waals surface area (Å²) in [5.41, 5.74) is 9.00. The van der Waals surface area contributed by atoms with E-state index in [4.69, 9.17) is 15.2 Å². The second kappa shape index (κ2) is 6.25. The van der Waals surface area contributed by atoms with Crippen LogP contribution in [-0.4, -0.2) is 20.3 Å². The molecule has 0 radical (unpaired) electrons. The zero-order valence-corrected chi connectivity index (χ0v) is 11.3. The summed E-state index contributed by atoms with van der Waals surface area (Å²) in [6.45, 7) is 3.07. The Hall–Kier alpha value is -2.00. The van der Waals surface area contributed by atoms with Gasteiger partial charge in [0.2, 0.25) is 0 Å². The third kappa shape index (κ3) is 3.06. The largest absolute Gasteiger partial charge is 0.493 e. The van der Waals surface area contributed by atoms with Crippen LogP contribution in [0.5, 0.6) is 11.5 Å². The highest BCUT2D eigenvalue weighted by molar-refractivity contribution is 5.70. The molecule has 0 aliphatic rings. The molecule has 0 fully saturated rings. The molecule has 19 heavy (non-hydrogen) atoms. The molecular formula is C16H19NO2. The number of aryl methyl sites for hydroxylation is 1. The lowest BCUT2D eigenvalue weighted by atomic mass is 10.0. The number of methoxy groups -OCH3 is 1. The maximum atomic E-state index is 5.55. The molecular weight excluding hydrogens is 238 g/mol. The molecule has 2 aromatic carbocycles. The Morgan fingerprint density at radius 2 is 1.84 bits per heavy atom. The molecule has 100 valence electrons. The van der Waals surface area contributed by atoms with Crippen LogP contribution in [0.15, 0.2) is 42.5 Å². The van der Waals surface area contributed by atoms with Crippen molar-refractivity contribution in [3.63, 3.8) is 0 Å². The summed E-state index contributed by atoms with van der Waals surface area (Å²) in [7, 11) is 1.65. The van der Waals surface area contributed by atoms with E-state index in [9.17, 15) is 0 Å². The second-order valence-electron chi connectivity index (χ2n) is 4.32. The monoisotopic (exact) mass is 257 g/mol. The zero-order valence-electron chi connectivity index (χ0n) is 11.3. The number of nitrogens with two attached hydrogens (primary N) is 1. The highest BCUT2D eigenvalue weighted by Crippen LogP contribution is 2.33. The van der Waals surface area contributed by atoms with Crippen LogP contribution in [0.25, 0.3) is 11.1 Å². The van der Waals surface area contributed by atoms with Crippen LogP contribution in [0.3, 0.4) is 0 Å². The van der Waals surface area contributed by atoms with Crippen LogP contribution in [0.4, 0.5) is 0 Å². The first kappa shape index (κ1) is 13.4. The van der Waals surface area contributed by atoms with Crippen molar-refractivity contribution in [2.45, 2.75) is 6.92 Å². The lowest BCUT2D eigenvalue weighted by Gasteiger charge is -2.12. The van der Waals surface area contributed by atoms with Crippen molar-refractivity contribution in [1.29, 1.82) is 0 Å². The Bertz CT molecular complexity index is 552. The van der Waals surface area contributed by atoms with Crippen LogP contribution in [0, 0.1) is 6.92 Å².